The fourth-order valence-electron chi connectivity index (χ4n) is 3.08. The first-order chi connectivity index (χ1) is 11.2. The highest BCUT2D eigenvalue weighted by atomic mass is 16.3. The normalized spacial score (nSPS) is 11.2. The SMILES string of the molecule is Cc1ccc(O)c(C)c1-c1c(N)c(C(N)=O)cn2c(C)c(C)nc12. The van der Waals surface area contributed by atoms with Crippen molar-refractivity contribution in [1.29, 1.82) is 0 Å². The first kappa shape index (κ1) is 15.9. The number of nitrogens with zero attached hydrogens (tertiary/aromatic N) is 2. The van der Waals surface area contributed by atoms with Crippen LogP contribution in [0.4, 0.5) is 5.69 Å². The van der Waals surface area contributed by atoms with E-state index in [1.54, 1.807) is 12.3 Å². The summed E-state index contributed by atoms with van der Waals surface area (Å²) in [6, 6.07) is 3.45. The summed E-state index contributed by atoms with van der Waals surface area (Å²) in [4.78, 5) is 16.5. The van der Waals surface area contributed by atoms with Gasteiger partial charge in [-0.1, -0.05) is 6.07 Å². The van der Waals surface area contributed by atoms with Crippen LogP contribution < -0.4 is 11.5 Å². The number of aromatic nitrogens is 2. The Morgan fingerprint density at radius 1 is 1.17 bits per heavy atom. The number of amides is 1. The number of nitrogens with two attached hydrogens (primary N) is 2. The molecule has 2 aromatic heterocycles. The van der Waals surface area contributed by atoms with Crippen molar-refractivity contribution in [1.82, 2.24) is 9.38 Å². The number of carbonyl (C=O) groups is 1. The van der Waals surface area contributed by atoms with Gasteiger partial charge in [0.15, 0.2) is 0 Å². The molecule has 3 rings (SSSR count). The molecule has 0 fully saturated rings. The molecule has 24 heavy (non-hydrogen) atoms. The van der Waals surface area contributed by atoms with E-state index in [0.29, 0.717) is 16.8 Å². The minimum absolute atomic E-state index is 0.164. The standard InChI is InChI=1S/C18H20N4O2/c1-8-5-6-13(23)9(2)14(8)15-16(19)12(17(20)24)7-22-11(4)10(3)21-18(15)22/h5-7,23H,19H2,1-4H3,(H2,20,24). The molecule has 1 amide bonds. The second-order valence-electron chi connectivity index (χ2n) is 6.07. The number of anilines is 1. The van der Waals surface area contributed by atoms with Gasteiger partial charge in [-0.2, -0.15) is 0 Å². The van der Waals surface area contributed by atoms with Crippen LogP contribution in [0.15, 0.2) is 18.3 Å². The molecule has 0 unspecified atom stereocenters. The van der Waals surface area contributed by atoms with E-state index < -0.39 is 5.91 Å². The number of carbonyl (C=O) groups excluding carboxylic acids is 1. The highest BCUT2D eigenvalue weighted by Gasteiger charge is 2.22. The number of hydrogen-bond donors (Lipinski definition) is 3. The Morgan fingerprint density at radius 2 is 1.83 bits per heavy atom. The molecule has 0 saturated carbocycles. The van der Waals surface area contributed by atoms with E-state index >= 15 is 0 Å². The maximum absolute atomic E-state index is 11.9. The average Bonchev–Trinajstić information content (AvgIpc) is 2.80. The Kier molecular flexibility index (Phi) is 3.48. The van der Waals surface area contributed by atoms with E-state index in [0.717, 1.165) is 22.5 Å². The Labute approximate surface area is 139 Å². The van der Waals surface area contributed by atoms with Crippen molar-refractivity contribution in [2.75, 3.05) is 5.73 Å². The molecule has 6 nitrogen and oxygen atoms in total. The number of fused-ring (bicyclic) bond motifs is 1. The zero-order chi connectivity index (χ0) is 17.8. The highest BCUT2D eigenvalue weighted by molar-refractivity contribution is 6.05. The number of imidazole rings is 1. The smallest absolute Gasteiger partial charge is 0.252 e. The second-order valence-corrected chi connectivity index (χ2v) is 6.07. The van der Waals surface area contributed by atoms with E-state index in [1.807, 2.05) is 38.2 Å². The Bertz CT molecular complexity index is 1000. The molecule has 6 heteroatoms. The van der Waals surface area contributed by atoms with Crippen molar-refractivity contribution >= 4 is 17.2 Å². The van der Waals surface area contributed by atoms with Crippen LogP contribution in [-0.4, -0.2) is 20.4 Å². The highest BCUT2D eigenvalue weighted by Crippen LogP contribution is 2.40. The summed E-state index contributed by atoms with van der Waals surface area (Å²) in [6.45, 7) is 7.56. The minimum atomic E-state index is -0.600. The summed E-state index contributed by atoms with van der Waals surface area (Å²) in [6.07, 6.45) is 1.62. The van der Waals surface area contributed by atoms with Crippen molar-refractivity contribution in [3.05, 3.63) is 46.4 Å². The molecule has 0 aliphatic carbocycles. The predicted molar refractivity (Wildman–Crippen MR) is 94.2 cm³/mol. The van der Waals surface area contributed by atoms with E-state index in [9.17, 15) is 9.90 Å². The maximum Gasteiger partial charge on any atom is 0.252 e. The topological polar surface area (TPSA) is 107 Å². The number of phenols is 1. The van der Waals surface area contributed by atoms with E-state index in [4.69, 9.17) is 11.5 Å². The van der Waals surface area contributed by atoms with Crippen LogP contribution in [0.25, 0.3) is 16.8 Å². The third-order valence-corrected chi connectivity index (χ3v) is 4.59. The first-order valence-corrected chi connectivity index (χ1v) is 7.61. The number of rotatable bonds is 2. The van der Waals surface area contributed by atoms with Gasteiger partial charge in [0.25, 0.3) is 5.91 Å². The van der Waals surface area contributed by atoms with Crippen LogP contribution in [0.5, 0.6) is 5.75 Å². The number of benzene rings is 1. The van der Waals surface area contributed by atoms with E-state index in [2.05, 4.69) is 4.98 Å². The van der Waals surface area contributed by atoms with Gasteiger partial charge in [-0.3, -0.25) is 4.79 Å². The van der Waals surface area contributed by atoms with Crippen LogP contribution in [0, 0.1) is 27.7 Å². The lowest BCUT2D eigenvalue weighted by atomic mass is 9.93. The summed E-state index contributed by atoms with van der Waals surface area (Å²) in [5, 5.41) is 10.1. The molecule has 0 aliphatic heterocycles. The first-order valence-electron chi connectivity index (χ1n) is 7.61. The van der Waals surface area contributed by atoms with Gasteiger partial charge in [-0.15, -0.1) is 0 Å². The summed E-state index contributed by atoms with van der Waals surface area (Å²) in [7, 11) is 0. The Morgan fingerprint density at radius 3 is 2.46 bits per heavy atom. The van der Waals surface area contributed by atoms with Crippen LogP contribution in [0.2, 0.25) is 0 Å². The average molecular weight is 324 g/mol. The lowest BCUT2D eigenvalue weighted by Gasteiger charge is -2.17. The van der Waals surface area contributed by atoms with Gasteiger partial charge >= 0.3 is 0 Å². The number of primary amides is 1. The minimum Gasteiger partial charge on any atom is -0.508 e. The Balaban J connectivity index is 2.57. The number of pyridine rings is 1. The molecule has 0 saturated heterocycles. The van der Waals surface area contributed by atoms with Gasteiger partial charge in [-0.05, 0) is 50.5 Å². The summed E-state index contributed by atoms with van der Waals surface area (Å²) >= 11 is 0. The van der Waals surface area contributed by atoms with Gasteiger partial charge < -0.3 is 21.0 Å². The van der Waals surface area contributed by atoms with Crippen LogP contribution in [0.3, 0.4) is 0 Å². The van der Waals surface area contributed by atoms with Crippen LogP contribution in [0.1, 0.15) is 32.9 Å². The molecular formula is C18H20N4O2. The molecule has 124 valence electrons. The second kappa shape index (κ2) is 5.26. The number of aryl methyl sites for hydroxylation is 3. The number of phenolic OH excluding ortho intramolecular Hbond substituents is 1. The maximum atomic E-state index is 11.9. The van der Waals surface area contributed by atoms with Crippen molar-refractivity contribution in [3.8, 4) is 16.9 Å². The van der Waals surface area contributed by atoms with Crippen LogP contribution in [-0.2, 0) is 0 Å². The summed E-state index contributed by atoms with van der Waals surface area (Å²) in [5.74, 6) is -0.436. The Hall–Kier alpha value is -3.02. The fourth-order valence-corrected chi connectivity index (χ4v) is 3.08. The number of nitrogen functional groups attached to an aromatic ring is 1. The van der Waals surface area contributed by atoms with Crippen molar-refractivity contribution in [2.24, 2.45) is 5.73 Å². The fraction of sp³-hybridized carbons (Fsp3) is 0.222. The summed E-state index contributed by atoms with van der Waals surface area (Å²) in [5.41, 5.74) is 17.7. The molecule has 1 aromatic carbocycles. The lowest BCUT2D eigenvalue weighted by Crippen LogP contribution is -2.16. The predicted octanol–water partition coefficient (Wildman–Crippen LogP) is 2.62. The quantitative estimate of drug-likeness (QED) is 0.673. The number of hydrogen-bond acceptors (Lipinski definition) is 4. The van der Waals surface area contributed by atoms with Crippen molar-refractivity contribution < 1.29 is 9.90 Å². The molecule has 0 aliphatic rings. The van der Waals surface area contributed by atoms with Crippen molar-refractivity contribution in [3.63, 3.8) is 0 Å². The molecule has 0 radical (unpaired) electrons. The third-order valence-electron chi connectivity index (χ3n) is 4.59. The molecule has 0 bridgehead atoms. The van der Waals surface area contributed by atoms with Gasteiger partial charge in [0.2, 0.25) is 0 Å². The zero-order valence-electron chi connectivity index (χ0n) is 14.1. The molecule has 2 heterocycles. The van der Waals surface area contributed by atoms with Gasteiger partial charge in [-0.25, -0.2) is 4.98 Å². The van der Waals surface area contributed by atoms with Crippen molar-refractivity contribution in [2.45, 2.75) is 27.7 Å². The van der Waals surface area contributed by atoms with E-state index in [-0.39, 0.29) is 17.0 Å². The third kappa shape index (κ3) is 2.11. The van der Waals surface area contributed by atoms with Gasteiger partial charge in [0, 0.05) is 17.5 Å². The van der Waals surface area contributed by atoms with Gasteiger partial charge in [0.05, 0.1) is 16.9 Å². The van der Waals surface area contributed by atoms with E-state index in [1.165, 1.54) is 0 Å². The zero-order valence-corrected chi connectivity index (χ0v) is 14.1. The van der Waals surface area contributed by atoms with Gasteiger partial charge in [0.1, 0.15) is 11.4 Å². The molecule has 0 spiro atoms. The van der Waals surface area contributed by atoms with Crippen LogP contribution >= 0.6 is 0 Å². The lowest BCUT2D eigenvalue weighted by molar-refractivity contribution is 0.100. The number of aromatic hydroxyl groups is 1. The molecule has 3 aromatic rings. The molecule has 0 atom stereocenters. The summed E-state index contributed by atoms with van der Waals surface area (Å²) < 4.78 is 1.82. The monoisotopic (exact) mass is 324 g/mol. The molecular weight excluding hydrogens is 304 g/mol. The molecule has 5 N–H and O–H groups in total. The largest absolute Gasteiger partial charge is 0.508 e.